The van der Waals surface area contributed by atoms with E-state index in [1.807, 2.05) is 13.2 Å². The molecule has 1 saturated heterocycles. The molecule has 1 atom stereocenters. The highest BCUT2D eigenvalue weighted by molar-refractivity contribution is 5.80. The third kappa shape index (κ3) is 5.35. The highest BCUT2D eigenvalue weighted by Gasteiger charge is 2.25. The Kier molecular flexibility index (Phi) is 6.86. The number of rotatable bonds is 6. The zero-order chi connectivity index (χ0) is 20.8. The first-order chi connectivity index (χ1) is 14.0. The van der Waals surface area contributed by atoms with E-state index < -0.39 is 6.61 Å². The number of benzene rings is 1. The van der Waals surface area contributed by atoms with Crippen LogP contribution in [-0.4, -0.2) is 61.1 Å². The number of aromatic nitrogens is 2. The minimum absolute atomic E-state index is 0.0671. The molecule has 1 unspecified atom stereocenters. The van der Waals surface area contributed by atoms with Crippen LogP contribution < -0.4 is 14.8 Å². The largest absolute Gasteiger partial charge is 0.497 e. The van der Waals surface area contributed by atoms with Gasteiger partial charge >= 0.3 is 6.61 Å². The second-order valence-electron chi connectivity index (χ2n) is 6.51. The molecule has 1 aliphatic rings. The van der Waals surface area contributed by atoms with Crippen LogP contribution >= 0.6 is 0 Å². The van der Waals surface area contributed by atoms with Crippen LogP contribution in [0, 0.1) is 0 Å². The number of aliphatic imine (C=N–C) groups is 1. The predicted octanol–water partition coefficient (Wildman–Crippen LogP) is 2.18. The number of nitrogens with one attached hydrogen (secondary N) is 1. The number of hydrogen-bond acceptors (Lipinski definition) is 5. The molecule has 0 radical (unpaired) electrons. The van der Waals surface area contributed by atoms with Crippen molar-refractivity contribution in [3.8, 4) is 11.5 Å². The molecule has 0 aliphatic carbocycles. The number of ether oxygens (including phenoxy) is 3. The maximum absolute atomic E-state index is 12.8. The maximum atomic E-state index is 12.8. The van der Waals surface area contributed by atoms with E-state index in [2.05, 4.69) is 25.0 Å². The first-order valence-electron chi connectivity index (χ1n) is 9.17. The number of halogens is 2. The molecule has 1 aromatic carbocycles. The summed E-state index contributed by atoms with van der Waals surface area (Å²) in [6.45, 7) is -0.830. The van der Waals surface area contributed by atoms with Gasteiger partial charge in [-0.25, -0.2) is 0 Å². The van der Waals surface area contributed by atoms with Gasteiger partial charge in [0.2, 0.25) is 0 Å². The standard InChI is InChI=1S/C19H25F2N5O3/c1-22-19(26-6-7-28-17(12-26)14-10-24-25(2)11-14)23-9-13-4-5-15(27-3)8-16(13)29-18(20)21/h4-5,8,10-11,17-18H,6-7,9,12H2,1-3H3,(H,22,23). The van der Waals surface area contributed by atoms with E-state index in [0.29, 0.717) is 37.0 Å². The lowest BCUT2D eigenvalue weighted by Crippen LogP contribution is -2.47. The molecule has 0 amide bonds. The van der Waals surface area contributed by atoms with E-state index >= 15 is 0 Å². The lowest BCUT2D eigenvalue weighted by molar-refractivity contribution is -0.0505. The fourth-order valence-electron chi connectivity index (χ4n) is 3.17. The van der Waals surface area contributed by atoms with Crippen molar-refractivity contribution in [2.75, 3.05) is 33.9 Å². The van der Waals surface area contributed by atoms with Crippen LogP contribution in [-0.2, 0) is 18.3 Å². The molecule has 1 aromatic heterocycles. The minimum Gasteiger partial charge on any atom is -0.497 e. The van der Waals surface area contributed by atoms with Gasteiger partial charge in [0.25, 0.3) is 0 Å². The summed E-state index contributed by atoms with van der Waals surface area (Å²) in [5, 5.41) is 7.41. The quantitative estimate of drug-likeness (QED) is 0.583. The van der Waals surface area contributed by atoms with Crippen molar-refractivity contribution in [3.05, 3.63) is 41.7 Å². The van der Waals surface area contributed by atoms with Crippen LogP contribution in [0.25, 0.3) is 0 Å². The first kappa shape index (κ1) is 20.8. The molecule has 10 heteroatoms. The van der Waals surface area contributed by atoms with Gasteiger partial charge in [0.05, 0.1) is 26.5 Å². The van der Waals surface area contributed by atoms with Gasteiger partial charge in [-0.2, -0.15) is 13.9 Å². The summed E-state index contributed by atoms with van der Waals surface area (Å²) in [6, 6.07) is 4.83. The Morgan fingerprint density at radius 3 is 2.93 bits per heavy atom. The Balaban J connectivity index is 1.67. The molecule has 1 fully saturated rings. The molecule has 0 bridgehead atoms. The van der Waals surface area contributed by atoms with Crippen LogP contribution in [0.1, 0.15) is 17.2 Å². The van der Waals surface area contributed by atoms with Crippen molar-refractivity contribution in [1.82, 2.24) is 20.0 Å². The van der Waals surface area contributed by atoms with Crippen molar-refractivity contribution >= 4 is 5.96 Å². The number of nitrogens with zero attached hydrogens (tertiary/aromatic N) is 4. The van der Waals surface area contributed by atoms with Gasteiger partial charge in [0, 0.05) is 50.6 Å². The van der Waals surface area contributed by atoms with E-state index in [1.54, 1.807) is 30.1 Å². The molecular weight excluding hydrogens is 384 g/mol. The molecule has 2 aromatic rings. The number of guanidine groups is 1. The van der Waals surface area contributed by atoms with Crippen LogP contribution in [0.5, 0.6) is 11.5 Å². The number of morpholine rings is 1. The molecule has 0 saturated carbocycles. The normalized spacial score (nSPS) is 17.5. The average Bonchev–Trinajstić information content (AvgIpc) is 3.15. The second kappa shape index (κ2) is 9.55. The second-order valence-corrected chi connectivity index (χ2v) is 6.51. The third-order valence-corrected chi connectivity index (χ3v) is 4.60. The van der Waals surface area contributed by atoms with Gasteiger partial charge in [-0.1, -0.05) is 0 Å². The molecule has 1 aliphatic heterocycles. The zero-order valence-electron chi connectivity index (χ0n) is 16.6. The Bertz CT molecular complexity index is 843. The Morgan fingerprint density at radius 1 is 1.45 bits per heavy atom. The van der Waals surface area contributed by atoms with Crippen molar-refractivity contribution < 1.29 is 23.0 Å². The summed E-state index contributed by atoms with van der Waals surface area (Å²) in [5.41, 5.74) is 1.57. The van der Waals surface area contributed by atoms with Crippen LogP contribution in [0.4, 0.5) is 8.78 Å². The minimum atomic E-state index is -2.92. The summed E-state index contributed by atoms with van der Waals surface area (Å²) >= 11 is 0. The fraction of sp³-hybridized carbons (Fsp3) is 0.474. The van der Waals surface area contributed by atoms with Crippen molar-refractivity contribution in [3.63, 3.8) is 0 Å². The first-order valence-corrected chi connectivity index (χ1v) is 9.17. The van der Waals surface area contributed by atoms with E-state index in [-0.39, 0.29) is 18.4 Å². The number of methoxy groups -OCH3 is 1. The van der Waals surface area contributed by atoms with Gasteiger partial charge in [-0.15, -0.1) is 0 Å². The third-order valence-electron chi connectivity index (χ3n) is 4.60. The lowest BCUT2D eigenvalue weighted by Gasteiger charge is -2.34. The van der Waals surface area contributed by atoms with Gasteiger partial charge in [0.15, 0.2) is 5.96 Å². The molecule has 8 nitrogen and oxygen atoms in total. The van der Waals surface area contributed by atoms with Gasteiger partial charge in [-0.05, 0) is 12.1 Å². The average molecular weight is 409 g/mol. The summed E-state index contributed by atoms with van der Waals surface area (Å²) in [6.07, 6.45) is 3.60. The Morgan fingerprint density at radius 2 is 2.28 bits per heavy atom. The summed E-state index contributed by atoms with van der Waals surface area (Å²) in [5.74, 6) is 1.17. The van der Waals surface area contributed by atoms with Crippen molar-refractivity contribution in [1.29, 1.82) is 0 Å². The number of alkyl halides is 2. The van der Waals surface area contributed by atoms with Gasteiger partial charge < -0.3 is 24.4 Å². The number of hydrogen-bond donors (Lipinski definition) is 1. The van der Waals surface area contributed by atoms with Crippen molar-refractivity contribution in [2.45, 2.75) is 19.3 Å². The summed E-state index contributed by atoms with van der Waals surface area (Å²) < 4.78 is 42.8. The molecule has 158 valence electrons. The van der Waals surface area contributed by atoms with Crippen molar-refractivity contribution in [2.24, 2.45) is 12.0 Å². The highest BCUT2D eigenvalue weighted by Crippen LogP contribution is 2.27. The van der Waals surface area contributed by atoms with Gasteiger partial charge in [-0.3, -0.25) is 9.67 Å². The van der Waals surface area contributed by atoms with Gasteiger partial charge in [0.1, 0.15) is 17.6 Å². The Hall–Kier alpha value is -2.88. The molecule has 0 spiro atoms. The smallest absolute Gasteiger partial charge is 0.387 e. The highest BCUT2D eigenvalue weighted by atomic mass is 19.3. The summed E-state index contributed by atoms with van der Waals surface area (Å²) in [4.78, 5) is 6.39. The van der Waals surface area contributed by atoms with E-state index in [0.717, 1.165) is 5.56 Å². The molecule has 2 heterocycles. The predicted molar refractivity (Wildman–Crippen MR) is 103 cm³/mol. The van der Waals surface area contributed by atoms with Crippen LogP contribution in [0.3, 0.4) is 0 Å². The fourth-order valence-corrected chi connectivity index (χ4v) is 3.17. The summed E-state index contributed by atoms with van der Waals surface area (Å²) in [7, 11) is 5.01. The van der Waals surface area contributed by atoms with Crippen LogP contribution in [0.2, 0.25) is 0 Å². The van der Waals surface area contributed by atoms with E-state index in [9.17, 15) is 8.78 Å². The van der Waals surface area contributed by atoms with Crippen LogP contribution in [0.15, 0.2) is 35.6 Å². The Labute approximate surface area is 168 Å². The lowest BCUT2D eigenvalue weighted by atomic mass is 10.1. The zero-order valence-corrected chi connectivity index (χ0v) is 16.6. The molecular formula is C19H25F2N5O3. The monoisotopic (exact) mass is 409 g/mol. The molecule has 29 heavy (non-hydrogen) atoms. The SMILES string of the molecule is CN=C(NCc1ccc(OC)cc1OC(F)F)N1CCOC(c2cnn(C)c2)C1. The molecule has 1 N–H and O–H groups in total. The van der Waals surface area contributed by atoms with E-state index in [1.165, 1.54) is 13.2 Å². The van der Waals surface area contributed by atoms with E-state index in [4.69, 9.17) is 9.47 Å². The molecule has 3 rings (SSSR count). The number of aryl methyl sites for hydroxylation is 1. The maximum Gasteiger partial charge on any atom is 0.387 e. The topological polar surface area (TPSA) is 73.1 Å².